The van der Waals surface area contributed by atoms with Gasteiger partial charge in [-0.2, -0.15) is 0 Å². The number of hydrogen-bond acceptors (Lipinski definition) is 4. The Morgan fingerprint density at radius 3 is 1.15 bits per heavy atom. The summed E-state index contributed by atoms with van der Waals surface area (Å²) in [5.41, 5.74) is 24.2. The topological polar surface area (TPSA) is 104 Å². The molecule has 114 valence electrons. The minimum Gasteiger partial charge on any atom is -0.330 e. The first-order chi connectivity index (χ1) is 9.73. The zero-order valence-electron chi connectivity index (χ0n) is 12.4. The van der Waals surface area contributed by atoms with Crippen molar-refractivity contribution in [3.8, 4) is 0 Å². The Morgan fingerprint density at radius 2 is 0.950 bits per heavy atom. The van der Waals surface area contributed by atoms with Gasteiger partial charge in [-0.15, -0.1) is 0 Å². The highest BCUT2D eigenvalue weighted by Gasteiger charge is 2.18. The van der Waals surface area contributed by atoms with Gasteiger partial charge in [0.05, 0.1) is 0 Å². The minimum absolute atomic E-state index is 0.602. The second-order valence-corrected chi connectivity index (χ2v) is 5.58. The van der Waals surface area contributed by atoms with Gasteiger partial charge in [0.25, 0.3) is 0 Å². The monoisotopic (exact) mass is 278 g/mol. The predicted octanol–water partition coefficient (Wildman–Crippen LogP) is 1.31. The van der Waals surface area contributed by atoms with Crippen LogP contribution >= 0.6 is 0 Å². The third-order valence-corrected chi connectivity index (χ3v) is 4.13. The molecule has 0 saturated heterocycles. The minimum atomic E-state index is 0.602. The maximum absolute atomic E-state index is 5.56. The first-order valence-corrected chi connectivity index (χ1v) is 7.61. The molecule has 1 aliphatic rings. The second kappa shape index (κ2) is 9.88. The third-order valence-electron chi connectivity index (χ3n) is 4.13. The van der Waals surface area contributed by atoms with Crippen molar-refractivity contribution in [1.29, 1.82) is 0 Å². The summed E-state index contributed by atoms with van der Waals surface area (Å²) in [6.07, 6.45) is 5.22. The Balaban J connectivity index is 0.000000200. The highest BCUT2D eigenvalue weighted by molar-refractivity contribution is 5.21. The van der Waals surface area contributed by atoms with E-state index in [4.69, 9.17) is 22.9 Å². The summed E-state index contributed by atoms with van der Waals surface area (Å²) in [6, 6.07) is 8.01. The molecule has 4 heteroatoms. The largest absolute Gasteiger partial charge is 0.330 e. The zero-order chi connectivity index (χ0) is 14.8. The molecule has 0 unspecified atom stereocenters. The predicted molar refractivity (Wildman–Crippen MR) is 85.8 cm³/mol. The van der Waals surface area contributed by atoms with Gasteiger partial charge >= 0.3 is 0 Å². The van der Waals surface area contributed by atoms with E-state index in [-0.39, 0.29) is 0 Å². The lowest BCUT2D eigenvalue weighted by molar-refractivity contribution is 0.285. The Morgan fingerprint density at radius 1 is 0.650 bits per heavy atom. The van der Waals surface area contributed by atoms with Crippen LogP contribution in [0.2, 0.25) is 0 Å². The Labute approximate surface area is 122 Å². The fraction of sp³-hybridized carbons (Fsp3) is 0.625. The fourth-order valence-corrected chi connectivity index (χ4v) is 2.51. The van der Waals surface area contributed by atoms with Gasteiger partial charge in [0.15, 0.2) is 0 Å². The number of hydrogen-bond donors (Lipinski definition) is 4. The van der Waals surface area contributed by atoms with Crippen LogP contribution in [0.5, 0.6) is 0 Å². The molecule has 1 aromatic rings. The molecule has 0 amide bonds. The molecule has 1 aliphatic carbocycles. The summed E-state index contributed by atoms with van der Waals surface area (Å²) in [5.74, 6) is 1.59. The second-order valence-electron chi connectivity index (χ2n) is 5.58. The average Bonchev–Trinajstić information content (AvgIpc) is 2.55. The first-order valence-electron chi connectivity index (χ1n) is 7.61. The van der Waals surface area contributed by atoms with E-state index in [1.165, 1.54) is 25.7 Å². The van der Waals surface area contributed by atoms with Crippen molar-refractivity contribution in [3.05, 3.63) is 35.4 Å². The average molecular weight is 278 g/mol. The Hall–Kier alpha value is -0.940. The molecule has 0 spiro atoms. The maximum Gasteiger partial charge on any atom is 0.0178 e. The summed E-state index contributed by atoms with van der Waals surface area (Å²) in [5, 5.41) is 0. The molecule has 0 atom stereocenters. The summed E-state index contributed by atoms with van der Waals surface area (Å²) in [4.78, 5) is 0. The SMILES string of the molecule is NCC1CCC(CN)CC1.NCc1ccc(CN)cc1. The summed E-state index contributed by atoms with van der Waals surface area (Å²) >= 11 is 0. The molecule has 0 bridgehead atoms. The van der Waals surface area contributed by atoms with Crippen molar-refractivity contribution in [2.75, 3.05) is 13.1 Å². The zero-order valence-corrected chi connectivity index (χ0v) is 12.4. The number of rotatable bonds is 4. The van der Waals surface area contributed by atoms with Crippen LogP contribution < -0.4 is 22.9 Å². The van der Waals surface area contributed by atoms with Gasteiger partial charge in [-0.05, 0) is 61.7 Å². The molecule has 0 aromatic heterocycles. The molecule has 4 nitrogen and oxygen atoms in total. The van der Waals surface area contributed by atoms with Gasteiger partial charge in [-0.25, -0.2) is 0 Å². The molecule has 1 aromatic carbocycles. The lowest BCUT2D eigenvalue weighted by atomic mass is 9.82. The highest BCUT2D eigenvalue weighted by atomic mass is 14.6. The van der Waals surface area contributed by atoms with Gasteiger partial charge < -0.3 is 22.9 Å². The van der Waals surface area contributed by atoms with E-state index in [9.17, 15) is 0 Å². The molecule has 0 aliphatic heterocycles. The quantitative estimate of drug-likeness (QED) is 0.666. The van der Waals surface area contributed by atoms with Crippen molar-refractivity contribution in [2.24, 2.45) is 34.8 Å². The molecule has 20 heavy (non-hydrogen) atoms. The number of benzene rings is 1. The van der Waals surface area contributed by atoms with Crippen molar-refractivity contribution in [3.63, 3.8) is 0 Å². The van der Waals surface area contributed by atoms with E-state index in [2.05, 4.69) is 0 Å². The standard InChI is InChI=1S/C8H18N2.C8H12N2/c2*9-5-7-1-2-8(6-10)4-3-7/h7-8H,1-6,9-10H2;1-4H,5-6,9-10H2. The van der Waals surface area contributed by atoms with Crippen LogP contribution in [0.1, 0.15) is 36.8 Å². The molecular weight excluding hydrogens is 248 g/mol. The molecule has 1 fully saturated rings. The van der Waals surface area contributed by atoms with E-state index in [0.717, 1.165) is 36.1 Å². The van der Waals surface area contributed by atoms with Crippen molar-refractivity contribution in [2.45, 2.75) is 38.8 Å². The van der Waals surface area contributed by atoms with Crippen LogP contribution in [0, 0.1) is 11.8 Å². The lowest BCUT2D eigenvalue weighted by Crippen LogP contribution is -2.25. The van der Waals surface area contributed by atoms with E-state index >= 15 is 0 Å². The van der Waals surface area contributed by atoms with Gasteiger partial charge in [0.2, 0.25) is 0 Å². The van der Waals surface area contributed by atoms with Crippen LogP contribution in [-0.4, -0.2) is 13.1 Å². The Kier molecular flexibility index (Phi) is 8.46. The molecule has 8 N–H and O–H groups in total. The van der Waals surface area contributed by atoms with Crippen molar-refractivity contribution >= 4 is 0 Å². The third kappa shape index (κ3) is 6.01. The fourth-order valence-electron chi connectivity index (χ4n) is 2.51. The van der Waals surface area contributed by atoms with Crippen molar-refractivity contribution < 1.29 is 0 Å². The molecule has 0 radical (unpaired) electrons. The highest BCUT2D eigenvalue weighted by Crippen LogP contribution is 2.26. The first kappa shape index (κ1) is 17.1. The Bertz CT molecular complexity index is 307. The summed E-state index contributed by atoms with van der Waals surface area (Å²) in [6.45, 7) is 2.95. The smallest absolute Gasteiger partial charge is 0.0178 e. The molecular formula is C16H30N4. The van der Waals surface area contributed by atoms with Gasteiger partial charge in [-0.3, -0.25) is 0 Å². The van der Waals surface area contributed by atoms with Crippen molar-refractivity contribution in [1.82, 2.24) is 0 Å². The van der Waals surface area contributed by atoms with Crippen LogP contribution in [0.25, 0.3) is 0 Å². The van der Waals surface area contributed by atoms with E-state index in [0.29, 0.717) is 13.1 Å². The normalized spacial score (nSPS) is 22.0. The van der Waals surface area contributed by atoms with E-state index in [1.54, 1.807) is 0 Å². The maximum atomic E-state index is 5.56. The summed E-state index contributed by atoms with van der Waals surface area (Å²) < 4.78 is 0. The lowest BCUT2D eigenvalue weighted by Gasteiger charge is -2.26. The van der Waals surface area contributed by atoms with Gasteiger partial charge in [-0.1, -0.05) is 24.3 Å². The van der Waals surface area contributed by atoms with E-state index < -0.39 is 0 Å². The van der Waals surface area contributed by atoms with Crippen LogP contribution in [0.3, 0.4) is 0 Å². The van der Waals surface area contributed by atoms with Crippen LogP contribution in [-0.2, 0) is 13.1 Å². The van der Waals surface area contributed by atoms with Gasteiger partial charge in [0.1, 0.15) is 0 Å². The van der Waals surface area contributed by atoms with Crippen LogP contribution in [0.15, 0.2) is 24.3 Å². The molecule has 2 rings (SSSR count). The molecule has 0 heterocycles. The number of nitrogens with two attached hydrogens (primary N) is 4. The van der Waals surface area contributed by atoms with Crippen LogP contribution in [0.4, 0.5) is 0 Å². The van der Waals surface area contributed by atoms with Gasteiger partial charge in [0, 0.05) is 13.1 Å². The molecule has 1 saturated carbocycles. The summed E-state index contributed by atoms with van der Waals surface area (Å²) in [7, 11) is 0. The van der Waals surface area contributed by atoms with E-state index in [1.807, 2.05) is 24.3 Å².